The van der Waals surface area contributed by atoms with Crippen molar-refractivity contribution in [2.45, 2.75) is 33.1 Å². The van der Waals surface area contributed by atoms with E-state index in [0.717, 1.165) is 24.6 Å². The third-order valence-corrected chi connectivity index (χ3v) is 3.40. The second kappa shape index (κ2) is 9.61. The summed E-state index contributed by atoms with van der Waals surface area (Å²) in [4.78, 5) is 23.5. The molecule has 0 heterocycles. The summed E-state index contributed by atoms with van der Waals surface area (Å²) in [5, 5.41) is 2.27. The highest BCUT2D eigenvalue weighted by Crippen LogP contribution is 2.22. The Morgan fingerprint density at radius 3 is 2.40 bits per heavy atom. The molecule has 0 saturated heterocycles. The first-order chi connectivity index (χ1) is 11.8. The fourth-order valence-electron chi connectivity index (χ4n) is 1.97. The largest absolute Gasteiger partial charge is 0.362 e. The highest BCUT2D eigenvalue weighted by Gasteiger charge is 2.28. The van der Waals surface area contributed by atoms with Crippen molar-refractivity contribution in [3.05, 3.63) is 57.9 Å². The Bertz CT molecular complexity index is 695. The number of allylic oxidation sites excluding steroid dienone is 2. The van der Waals surface area contributed by atoms with Crippen molar-refractivity contribution in [3.63, 3.8) is 0 Å². The van der Waals surface area contributed by atoms with Crippen LogP contribution in [-0.4, -0.2) is 17.8 Å². The van der Waals surface area contributed by atoms with Gasteiger partial charge >= 0.3 is 5.69 Å². The molecule has 0 bridgehead atoms. The molecule has 8 heteroatoms. The second-order valence-electron chi connectivity index (χ2n) is 5.25. The van der Waals surface area contributed by atoms with Gasteiger partial charge in [0.05, 0.1) is 10.5 Å². The molecule has 1 amide bonds. The number of likely N-dealkylation sites (N-methyl/N-ethyl adjacent to an activating group) is 1. The van der Waals surface area contributed by atoms with Crippen LogP contribution in [0.2, 0.25) is 0 Å². The monoisotopic (exact) mass is 356 g/mol. The number of nitrogens with zero attached hydrogens (tertiary/aromatic N) is 1. The van der Waals surface area contributed by atoms with Gasteiger partial charge in [-0.25, -0.2) is 4.39 Å². The van der Waals surface area contributed by atoms with E-state index < -0.39 is 29.1 Å². The summed E-state index contributed by atoms with van der Waals surface area (Å²) >= 11 is 0. The summed E-state index contributed by atoms with van der Waals surface area (Å²) < 4.78 is 41.9. The molecular weight excluding hydrogens is 335 g/mol. The first kappa shape index (κ1) is 20.4. The molecule has 0 aliphatic carbocycles. The molecule has 5 nitrogen and oxygen atoms in total. The van der Waals surface area contributed by atoms with E-state index in [1.165, 1.54) is 20.0 Å². The van der Waals surface area contributed by atoms with Crippen LogP contribution < -0.4 is 10.7 Å². The summed E-state index contributed by atoms with van der Waals surface area (Å²) in [5.74, 6) is -3.84. The number of nitroso groups, excluding NO2 is 1. The SMILES string of the molecule is CCCC/C=C(N[N+](=O)c1c(F)cccc1F)\C(F)=C(/C)C(=O)NC. The van der Waals surface area contributed by atoms with Crippen LogP contribution in [0.15, 0.2) is 41.4 Å². The lowest BCUT2D eigenvalue weighted by Crippen LogP contribution is -2.26. The molecule has 0 aliphatic heterocycles. The van der Waals surface area contributed by atoms with E-state index in [-0.39, 0.29) is 16.1 Å². The predicted octanol–water partition coefficient (Wildman–Crippen LogP) is 3.94. The molecule has 0 aliphatic rings. The number of nitrogens with one attached hydrogen (secondary N) is 2. The average Bonchev–Trinajstić information content (AvgIpc) is 2.58. The number of rotatable bonds is 8. The Kier molecular flexibility index (Phi) is 7.84. The van der Waals surface area contributed by atoms with Crippen molar-refractivity contribution in [1.29, 1.82) is 0 Å². The van der Waals surface area contributed by atoms with Crippen LogP contribution in [0.4, 0.5) is 18.9 Å². The van der Waals surface area contributed by atoms with Crippen LogP contribution in [0.25, 0.3) is 0 Å². The van der Waals surface area contributed by atoms with Gasteiger partial charge in [0.25, 0.3) is 0 Å². The molecule has 0 atom stereocenters. The highest BCUT2D eigenvalue weighted by atomic mass is 19.1. The molecule has 0 radical (unpaired) electrons. The maximum Gasteiger partial charge on any atom is 0.362 e. The van der Waals surface area contributed by atoms with Crippen LogP contribution >= 0.6 is 0 Å². The van der Waals surface area contributed by atoms with Crippen molar-refractivity contribution in [2.24, 2.45) is 0 Å². The number of halogens is 3. The van der Waals surface area contributed by atoms with Gasteiger partial charge in [0, 0.05) is 7.05 Å². The van der Waals surface area contributed by atoms with E-state index in [0.29, 0.717) is 12.8 Å². The molecule has 25 heavy (non-hydrogen) atoms. The lowest BCUT2D eigenvalue weighted by atomic mass is 10.1. The normalized spacial score (nSPS) is 12.5. The predicted molar refractivity (Wildman–Crippen MR) is 88.3 cm³/mol. The maximum absolute atomic E-state index is 14.5. The Labute approximate surface area is 144 Å². The molecule has 2 N–H and O–H groups in total. The van der Waals surface area contributed by atoms with Gasteiger partial charge < -0.3 is 5.32 Å². The number of hydrogen-bond donors (Lipinski definition) is 2. The number of benzene rings is 1. The van der Waals surface area contributed by atoms with Crippen molar-refractivity contribution in [2.75, 3.05) is 7.05 Å². The smallest absolute Gasteiger partial charge is 0.355 e. The third-order valence-electron chi connectivity index (χ3n) is 3.40. The average molecular weight is 356 g/mol. The topological polar surface area (TPSA) is 61.2 Å². The van der Waals surface area contributed by atoms with Crippen LogP contribution in [0.1, 0.15) is 33.1 Å². The number of amides is 1. The highest BCUT2D eigenvalue weighted by molar-refractivity contribution is 5.93. The van der Waals surface area contributed by atoms with Crippen molar-refractivity contribution in [3.8, 4) is 0 Å². The summed E-state index contributed by atoms with van der Waals surface area (Å²) in [7, 11) is 1.33. The number of carbonyl (C=O) groups is 1. The number of unbranched alkanes of at least 4 members (excludes halogenated alkanes) is 2. The first-order valence-electron chi connectivity index (χ1n) is 7.80. The van der Waals surface area contributed by atoms with Gasteiger partial charge in [0.15, 0.2) is 10.7 Å². The van der Waals surface area contributed by atoms with E-state index in [1.807, 2.05) is 6.92 Å². The van der Waals surface area contributed by atoms with E-state index in [2.05, 4.69) is 10.7 Å². The Morgan fingerprint density at radius 2 is 1.88 bits per heavy atom. The summed E-state index contributed by atoms with van der Waals surface area (Å²) in [6.45, 7) is 3.17. The Balaban J connectivity index is 3.20. The summed E-state index contributed by atoms with van der Waals surface area (Å²) in [6, 6.07) is 2.93. The molecule has 0 fully saturated rings. The zero-order chi connectivity index (χ0) is 19.0. The Morgan fingerprint density at radius 1 is 1.28 bits per heavy atom. The molecule has 1 aromatic rings. The van der Waals surface area contributed by atoms with Gasteiger partial charge in [-0.15, -0.1) is 5.43 Å². The third kappa shape index (κ3) is 5.44. The molecule has 0 unspecified atom stereocenters. The lowest BCUT2D eigenvalue weighted by Gasteiger charge is -2.06. The van der Waals surface area contributed by atoms with Gasteiger partial charge in [-0.3, -0.25) is 4.79 Å². The van der Waals surface area contributed by atoms with Gasteiger partial charge in [-0.2, -0.15) is 8.78 Å². The van der Waals surface area contributed by atoms with Crippen molar-refractivity contribution >= 4 is 11.6 Å². The van der Waals surface area contributed by atoms with Crippen LogP contribution in [0.3, 0.4) is 0 Å². The molecule has 0 aromatic heterocycles. The van der Waals surface area contributed by atoms with Gasteiger partial charge in [0.1, 0.15) is 5.70 Å². The van der Waals surface area contributed by atoms with Gasteiger partial charge in [-0.05, 0) is 31.9 Å². The zero-order valence-electron chi connectivity index (χ0n) is 14.3. The molecule has 0 saturated carbocycles. The standard InChI is InChI=1S/C17H20F3N3O2/c1-4-5-6-10-14(15(20)11(2)17(24)21-3)22-23(25)16-12(18)8-7-9-13(16)19/h7-10H,4-6H2,1-3H3,(H-,21,22,24,25)/p+1/b14-10+,15-11-. The number of para-hydroxylation sites is 1. The second-order valence-corrected chi connectivity index (χ2v) is 5.25. The fourth-order valence-corrected chi connectivity index (χ4v) is 1.97. The number of hydrazine groups is 1. The van der Waals surface area contributed by atoms with Crippen molar-refractivity contribution < 1.29 is 22.8 Å². The fraction of sp³-hybridized carbons (Fsp3) is 0.353. The number of hydrogen-bond acceptors (Lipinski definition) is 2. The zero-order valence-corrected chi connectivity index (χ0v) is 14.3. The van der Waals surface area contributed by atoms with Crippen LogP contribution in [-0.2, 0) is 4.79 Å². The lowest BCUT2D eigenvalue weighted by molar-refractivity contribution is -0.523. The molecule has 136 valence electrons. The summed E-state index contributed by atoms with van der Waals surface area (Å²) in [6.07, 6.45) is 3.33. The van der Waals surface area contributed by atoms with E-state index in [4.69, 9.17) is 0 Å². The van der Waals surface area contributed by atoms with E-state index >= 15 is 0 Å². The first-order valence-corrected chi connectivity index (χ1v) is 7.80. The molecular formula is C17H21F3N3O2+. The van der Waals surface area contributed by atoms with Gasteiger partial charge in [-0.1, -0.05) is 25.5 Å². The Hall–Kier alpha value is -2.64. The van der Waals surface area contributed by atoms with E-state index in [9.17, 15) is 22.9 Å². The number of carbonyl (C=O) groups excluding carboxylic acids is 1. The van der Waals surface area contributed by atoms with Crippen molar-refractivity contribution in [1.82, 2.24) is 10.7 Å². The van der Waals surface area contributed by atoms with Crippen LogP contribution in [0, 0.1) is 16.5 Å². The van der Waals surface area contributed by atoms with Gasteiger partial charge in [0.2, 0.25) is 17.5 Å². The van der Waals surface area contributed by atoms with E-state index in [1.54, 1.807) is 0 Å². The minimum absolute atomic E-state index is 0.195. The maximum atomic E-state index is 14.5. The molecule has 1 rings (SSSR count). The molecule has 0 spiro atoms. The molecule has 1 aromatic carbocycles. The minimum atomic E-state index is -1.09. The van der Waals surface area contributed by atoms with Crippen LogP contribution in [0.5, 0.6) is 0 Å². The summed E-state index contributed by atoms with van der Waals surface area (Å²) in [5.41, 5.74) is 0.595. The minimum Gasteiger partial charge on any atom is -0.355 e. The quantitative estimate of drug-likeness (QED) is 0.244.